The Balaban J connectivity index is -0.000000377. The summed E-state index contributed by atoms with van der Waals surface area (Å²) in [6.45, 7) is 10.1. The van der Waals surface area contributed by atoms with Crippen LogP contribution in [0.1, 0.15) is 27.2 Å². The van der Waals surface area contributed by atoms with Gasteiger partial charge in [0.25, 0.3) is 0 Å². The van der Waals surface area contributed by atoms with Gasteiger partial charge in [-0.1, -0.05) is 6.47 Å². The van der Waals surface area contributed by atoms with E-state index in [0.29, 0.717) is 19.4 Å². The first kappa shape index (κ1) is 21.2. The van der Waals surface area contributed by atoms with Gasteiger partial charge in [0, 0.05) is 0 Å². The summed E-state index contributed by atoms with van der Waals surface area (Å²) in [6.07, 6.45) is 0.245. The van der Waals surface area contributed by atoms with Gasteiger partial charge in [0.1, 0.15) is 5.60 Å². The standard InChI is InChI=1S/C9H17NO2.CHO2.Y/c1-6-7-10(5)8(11)12-9(2,3)4;2-1-3;/h1,5-7H2,2-4H3;(H,2,3);/q-2;-1;+3. The van der Waals surface area contributed by atoms with Gasteiger partial charge < -0.3 is 26.5 Å². The van der Waals surface area contributed by atoms with Crippen LogP contribution in [0.4, 0.5) is 4.79 Å². The van der Waals surface area contributed by atoms with Crippen LogP contribution in [0.25, 0.3) is 0 Å². The first-order chi connectivity index (χ1) is 6.78. The SMILES string of the molecule is O=[C-]O.[CH2-]CCN([CH2-])C(=O)OC(C)(C)C.[Y+3]. The molecule has 0 fully saturated rings. The van der Waals surface area contributed by atoms with Gasteiger partial charge in [0.2, 0.25) is 0 Å². The molecule has 0 aromatic heterocycles. The molecule has 0 aromatic carbocycles. The van der Waals surface area contributed by atoms with Crippen molar-refractivity contribution in [2.45, 2.75) is 32.8 Å². The zero-order valence-electron chi connectivity index (χ0n) is 10.0. The van der Waals surface area contributed by atoms with Crippen LogP contribution in [0, 0.1) is 14.0 Å². The molecular formula is C10H18NO4Y. The van der Waals surface area contributed by atoms with Crippen molar-refractivity contribution in [2.24, 2.45) is 0 Å². The van der Waals surface area contributed by atoms with Crippen molar-refractivity contribution in [2.75, 3.05) is 6.54 Å². The van der Waals surface area contributed by atoms with Crippen molar-refractivity contribution in [1.82, 2.24) is 4.90 Å². The third-order valence-corrected chi connectivity index (χ3v) is 1.08. The van der Waals surface area contributed by atoms with Crippen LogP contribution in [0.3, 0.4) is 0 Å². The van der Waals surface area contributed by atoms with Gasteiger partial charge in [-0.25, -0.2) is 11.8 Å². The Morgan fingerprint density at radius 2 is 1.88 bits per heavy atom. The van der Waals surface area contributed by atoms with E-state index in [9.17, 15) is 4.79 Å². The van der Waals surface area contributed by atoms with Crippen LogP contribution in [0.15, 0.2) is 0 Å². The molecule has 0 saturated carbocycles. The molecule has 16 heavy (non-hydrogen) atoms. The molecule has 6 heteroatoms. The van der Waals surface area contributed by atoms with Gasteiger partial charge in [0.15, 0.2) is 0 Å². The smallest absolute Gasteiger partial charge is 0.665 e. The van der Waals surface area contributed by atoms with E-state index >= 15 is 0 Å². The number of aliphatic hydroxyl groups excluding tert-OH is 1. The van der Waals surface area contributed by atoms with Crippen LogP contribution in [0.2, 0.25) is 0 Å². The minimum atomic E-state index is -0.450. The summed E-state index contributed by atoms with van der Waals surface area (Å²) in [7, 11) is 3.53. The summed E-state index contributed by atoms with van der Waals surface area (Å²) < 4.78 is 5.05. The minimum Gasteiger partial charge on any atom is -0.665 e. The van der Waals surface area contributed by atoms with E-state index in [1.807, 2.05) is 20.8 Å². The monoisotopic (exact) mass is 305 g/mol. The molecule has 0 aliphatic carbocycles. The van der Waals surface area contributed by atoms with E-state index in [-0.39, 0.29) is 32.7 Å². The minimum absolute atomic E-state index is 0. The maximum absolute atomic E-state index is 11.2. The Bertz CT molecular complexity index is 192. The number of hydrogen-bond acceptors (Lipinski definition) is 3. The molecule has 0 bridgehead atoms. The fourth-order valence-corrected chi connectivity index (χ4v) is 0.609. The van der Waals surface area contributed by atoms with Crippen molar-refractivity contribution >= 4 is 12.6 Å². The number of amides is 1. The van der Waals surface area contributed by atoms with Gasteiger partial charge in [-0.2, -0.15) is 6.42 Å². The van der Waals surface area contributed by atoms with Crippen LogP contribution in [-0.4, -0.2) is 34.7 Å². The summed E-state index contributed by atoms with van der Waals surface area (Å²) in [5, 5.41) is 6.76. The van der Waals surface area contributed by atoms with Crippen molar-refractivity contribution in [3.63, 3.8) is 0 Å². The van der Waals surface area contributed by atoms with Crippen LogP contribution >= 0.6 is 0 Å². The molecule has 5 nitrogen and oxygen atoms in total. The maximum atomic E-state index is 11.2. The molecule has 0 heterocycles. The fraction of sp³-hybridized carbons (Fsp3) is 0.600. The molecule has 1 N–H and O–H groups in total. The number of ether oxygens (including phenoxy) is 1. The molecular weight excluding hydrogens is 287 g/mol. The predicted octanol–water partition coefficient (Wildman–Crippen LogP) is 1.85. The van der Waals surface area contributed by atoms with E-state index in [0.717, 1.165) is 0 Å². The fourth-order valence-electron chi connectivity index (χ4n) is 0.609. The van der Waals surface area contributed by atoms with E-state index < -0.39 is 11.7 Å². The Morgan fingerprint density at radius 1 is 1.50 bits per heavy atom. The third-order valence-electron chi connectivity index (χ3n) is 1.08. The van der Waals surface area contributed by atoms with Gasteiger partial charge in [0.05, 0.1) is 0 Å². The van der Waals surface area contributed by atoms with Gasteiger partial charge in [-0.05, 0) is 27.3 Å². The molecule has 0 saturated heterocycles. The number of rotatable bonds is 2. The van der Waals surface area contributed by atoms with Gasteiger partial charge in [-0.3, -0.25) is 0 Å². The Kier molecular flexibility index (Phi) is 15.0. The number of nitrogens with zero attached hydrogens (tertiary/aromatic N) is 1. The number of carbonyl (C=O) groups is 1. The largest absolute Gasteiger partial charge is 3.00 e. The second-order valence-electron chi connectivity index (χ2n) is 3.69. The third kappa shape index (κ3) is 16.3. The maximum Gasteiger partial charge on any atom is 3.00 e. The normalized spacial score (nSPS) is 9.06. The molecule has 0 aliphatic heterocycles. The number of hydrogen-bond donors (Lipinski definition) is 1. The van der Waals surface area contributed by atoms with Crippen molar-refractivity contribution in [1.29, 1.82) is 0 Å². The Hall–Kier alpha value is -0.156. The summed E-state index contributed by atoms with van der Waals surface area (Å²) in [4.78, 5) is 20.7. The Morgan fingerprint density at radius 3 is 2.12 bits per heavy atom. The molecule has 0 spiro atoms. The van der Waals surface area contributed by atoms with Crippen molar-refractivity contribution < 1.29 is 52.1 Å². The van der Waals surface area contributed by atoms with Gasteiger partial charge >= 0.3 is 38.8 Å². The van der Waals surface area contributed by atoms with Crippen LogP contribution in [-0.2, 0) is 42.2 Å². The first-order valence-electron chi connectivity index (χ1n) is 4.40. The summed E-state index contributed by atoms with van der Waals surface area (Å²) in [5.74, 6) is 0. The molecule has 0 atom stereocenters. The van der Waals surface area contributed by atoms with E-state index in [1.54, 1.807) is 0 Å². The predicted molar refractivity (Wildman–Crippen MR) is 56.6 cm³/mol. The second kappa shape index (κ2) is 11.3. The average molecular weight is 305 g/mol. The van der Waals surface area contributed by atoms with Crippen molar-refractivity contribution in [3.8, 4) is 0 Å². The average Bonchev–Trinajstić information content (AvgIpc) is 2.02. The summed E-state index contributed by atoms with van der Waals surface area (Å²) in [5.41, 5.74) is -0.450. The molecule has 0 aliphatic rings. The van der Waals surface area contributed by atoms with Gasteiger partial charge in [-0.15, -0.1) is 0 Å². The summed E-state index contributed by atoms with van der Waals surface area (Å²) in [6, 6.07) is 0. The second-order valence-corrected chi connectivity index (χ2v) is 3.69. The zero-order chi connectivity index (χ0) is 12.5. The Labute approximate surface area is 122 Å². The molecule has 90 valence electrons. The number of carbonyl (C=O) groups excluding carboxylic acids is 1. The molecule has 0 aromatic rings. The van der Waals surface area contributed by atoms with E-state index in [2.05, 4.69) is 14.0 Å². The van der Waals surface area contributed by atoms with E-state index in [4.69, 9.17) is 14.6 Å². The molecule has 0 radical (unpaired) electrons. The first-order valence-corrected chi connectivity index (χ1v) is 4.40. The molecule has 0 rings (SSSR count). The van der Waals surface area contributed by atoms with Crippen molar-refractivity contribution in [3.05, 3.63) is 14.0 Å². The quantitative estimate of drug-likeness (QED) is 0.791. The van der Waals surface area contributed by atoms with E-state index in [1.165, 1.54) is 4.90 Å². The molecule has 0 unspecified atom stereocenters. The topological polar surface area (TPSA) is 66.8 Å². The van der Waals surface area contributed by atoms with Crippen LogP contribution in [0.5, 0.6) is 0 Å². The summed E-state index contributed by atoms with van der Waals surface area (Å²) >= 11 is 0. The van der Waals surface area contributed by atoms with Crippen LogP contribution < -0.4 is 0 Å². The zero-order valence-corrected chi connectivity index (χ0v) is 12.9. The molecule has 1 amide bonds.